The van der Waals surface area contributed by atoms with E-state index in [1.807, 2.05) is 54.6 Å². The van der Waals surface area contributed by atoms with Crippen LogP contribution in [0.2, 0.25) is 0 Å². The molecule has 1 N–H and O–H groups in total. The lowest BCUT2D eigenvalue weighted by molar-refractivity contribution is -0.140. The van der Waals surface area contributed by atoms with Crippen LogP contribution in [-0.4, -0.2) is 27.8 Å². The molecule has 2 aromatic carbocycles. The summed E-state index contributed by atoms with van der Waals surface area (Å²) in [6.07, 6.45) is 0.732. The fourth-order valence-electron chi connectivity index (χ4n) is 2.58. The van der Waals surface area contributed by atoms with Gasteiger partial charge in [-0.05, 0) is 18.1 Å². The van der Waals surface area contributed by atoms with Crippen molar-refractivity contribution in [1.82, 2.24) is 14.8 Å². The SMILES string of the molecule is COC(=O)CCc1ccccc1-n1c(-c2ccccc2)n[nH]c1=O.Cl. The number of methoxy groups -OCH3 is 1. The zero-order valence-electron chi connectivity index (χ0n) is 13.6. The third-order valence-corrected chi connectivity index (χ3v) is 3.76. The molecule has 7 heteroatoms. The second kappa shape index (κ2) is 8.30. The fourth-order valence-corrected chi connectivity index (χ4v) is 2.58. The van der Waals surface area contributed by atoms with E-state index >= 15 is 0 Å². The summed E-state index contributed by atoms with van der Waals surface area (Å²) in [5, 5.41) is 6.65. The Morgan fingerprint density at radius 2 is 1.80 bits per heavy atom. The second-order valence-electron chi connectivity index (χ2n) is 5.26. The van der Waals surface area contributed by atoms with Gasteiger partial charge in [0.2, 0.25) is 0 Å². The van der Waals surface area contributed by atoms with Crippen LogP contribution >= 0.6 is 12.4 Å². The van der Waals surface area contributed by atoms with Crippen LogP contribution in [0, 0.1) is 0 Å². The van der Waals surface area contributed by atoms with Gasteiger partial charge in [-0.1, -0.05) is 48.5 Å². The molecule has 0 amide bonds. The monoisotopic (exact) mass is 359 g/mol. The van der Waals surface area contributed by atoms with Crippen molar-refractivity contribution in [2.75, 3.05) is 7.11 Å². The predicted molar refractivity (Wildman–Crippen MR) is 97.2 cm³/mol. The van der Waals surface area contributed by atoms with Gasteiger partial charge in [-0.15, -0.1) is 12.4 Å². The van der Waals surface area contributed by atoms with E-state index in [0.717, 1.165) is 11.1 Å². The van der Waals surface area contributed by atoms with Crippen LogP contribution in [0.3, 0.4) is 0 Å². The minimum atomic E-state index is -0.320. The molecule has 25 heavy (non-hydrogen) atoms. The number of aromatic amines is 1. The van der Waals surface area contributed by atoms with Crippen molar-refractivity contribution in [3.63, 3.8) is 0 Å². The standard InChI is InChI=1S/C18H17N3O3.ClH/c1-24-16(22)12-11-13-7-5-6-10-15(13)21-17(19-20-18(21)23)14-8-3-2-4-9-14;/h2-10H,11-12H2,1H3,(H,20,23);1H. The van der Waals surface area contributed by atoms with Gasteiger partial charge in [-0.3, -0.25) is 4.79 Å². The van der Waals surface area contributed by atoms with Crippen molar-refractivity contribution in [2.24, 2.45) is 0 Å². The van der Waals surface area contributed by atoms with Crippen molar-refractivity contribution in [3.8, 4) is 17.1 Å². The molecule has 0 aliphatic carbocycles. The first kappa shape index (κ1) is 18.5. The van der Waals surface area contributed by atoms with Gasteiger partial charge in [-0.2, -0.15) is 5.10 Å². The van der Waals surface area contributed by atoms with Crippen LogP contribution in [0.4, 0.5) is 0 Å². The van der Waals surface area contributed by atoms with Gasteiger partial charge in [0, 0.05) is 12.0 Å². The maximum Gasteiger partial charge on any atom is 0.348 e. The summed E-state index contributed by atoms with van der Waals surface area (Å²) in [6.45, 7) is 0. The van der Waals surface area contributed by atoms with Crippen molar-refractivity contribution in [3.05, 3.63) is 70.6 Å². The third-order valence-electron chi connectivity index (χ3n) is 3.76. The van der Waals surface area contributed by atoms with Gasteiger partial charge >= 0.3 is 11.7 Å². The number of hydrogen-bond acceptors (Lipinski definition) is 4. The average molecular weight is 360 g/mol. The quantitative estimate of drug-likeness (QED) is 0.710. The first-order valence-electron chi connectivity index (χ1n) is 7.58. The van der Waals surface area contributed by atoms with E-state index in [1.165, 1.54) is 11.7 Å². The molecule has 0 saturated carbocycles. The number of halogens is 1. The van der Waals surface area contributed by atoms with Crippen molar-refractivity contribution < 1.29 is 9.53 Å². The van der Waals surface area contributed by atoms with Crippen LogP contribution in [0.5, 0.6) is 0 Å². The number of nitrogens with one attached hydrogen (secondary N) is 1. The molecule has 3 rings (SSSR count). The highest BCUT2D eigenvalue weighted by Crippen LogP contribution is 2.21. The lowest BCUT2D eigenvalue weighted by Crippen LogP contribution is -2.17. The van der Waals surface area contributed by atoms with Gasteiger partial charge in [0.15, 0.2) is 5.82 Å². The maximum atomic E-state index is 12.3. The molecule has 0 aliphatic rings. The van der Waals surface area contributed by atoms with Crippen LogP contribution in [0.15, 0.2) is 59.4 Å². The maximum absolute atomic E-state index is 12.3. The Kier molecular flexibility index (Phi) is 6.14. The molecule has 130 valence electrons. The summed E-state index contributed by atoms with van der Waals surface area (Å²) in [4.78, 5) is 23.7. The number of para-hydroxylation sites is 1. The van der Waals surface area contributed by atoms with E-state index in [1.54, 1.807) is 0 Å². The largest absolute Gasteiger partial charge is 0.469 e. The zero-order valence-corrected chi connectivity index (χ0v) is 14.5. The van der Waals surface area contributed by atoms with E-state index < -0.39 is 0 Å². The Morgan fingerprint density at radius 3 is 2.52 bits per heavy atom. The number of rotatable bonds is 5. The minimum absolute atomic E-state index is 0. The van der Waals surface area contributed by atoms with Crippen LogP contribution in [-0.2, 0) is 16.0 Å². The number of ether oxygens (including phenoxy) is 1. The van der Waals surface area contributed by atoms with Crippen LogP contribution in [0.25, 0.3) is 17.1 Å². The molecule has 0 atom stereocenters. The first-order chi connectivity index (χ1) is 11.7. The first-order valence-corrected chi connectivity index (χ1v) is 7.58. The molecule has 0 radical (unpaired) electrons. The number of hydrogen-bond donors (Lipinski definition) is 1. The molecule has 0 spiro atoms. The smallest absolute Gasteiger partial charge is 0.348 e. The van der Waals surface area contributed by atoms with Crippen LogP contribution in [0.1, 0.15) is 12.0 Å². The fraction of sp³-hybridized carbons (Fsp3) is 0.167. The molecule has 0 unspecified atom stereocenters. The number of nitrogens with zero attached hydrogens (tertiary/aromatic N) is 2. The Bertz CT molecular complexity index is 903. The molecular formula is C18H18ClN3O3. The molecule has 0 aliphatic heterocycles. The van der Waals surface area contributed by atoms with E-state index in [0.29, 0.717) is 17.9 Å². The summed E-state index contributed by atoms with van der Waals surface area (Å²) in [7, 11) is 1.36. The summed E-state index contributed by atoms with van der Waals surface area (Å²) in [6, 6.07) is 16.9. The normalized spacial score (nSPS) is 10.1. The number of carbonyl (C=O) groups is 1. The molecule has 0 bridgehead atoms. The van der Waals surface area contributed by atoms with Gasteiger partial charge in [-0.25, -0.2) is 14.5 Å². The lowest BCUT2D eigenvalue weighted by atomic mass is 10.1. The lowest BCUT2D eigenvalue weighted by Gasteiger charge is -2.11. The average Bonchev–Trinajstić information content (AvgIpc) is 3.02. The van der Waals surface area contributed by atoms with Gasteiger partial charge < -0.3 is 4.74 Å². The van der Waals surface area contributed by atoms with Crippen molar-refractivity contribution >= 4 is 18.4 Å². The highest BCUT2D eigenvalue weighted by atomic mass is 35.5. The predicted octanol–water partition coefficient (Wildman–Crippen LogP) is 2.76. The molecule has 3 aromatic rings. The number of aromatic nitrogens is 3. The zero-order chi connectivity index (χ0) is 16.9. The highest BCUT2D eigenvalue weighted by molar-refractivity contribution is 5.85. The third kappa shape index (κ3) is 3.97. The Morgan fingerprint density at radius 1 is 1.12 bits per heavy atom. The summed E-state index contributed by atoms with van der Waals surface area (Å²) in [5.74, 6) is 0.249. The number of carbonyl (C=O) groups excluding carboxylic acids is 1. The number of benzene rings is 2. The molecule has 1 heterocycles. The van der Waals surface area contributed by atoms with E-state index in [2.05, 4.69) is 10.2 Å². The van der Waals surface area contributed by atoms with E-state index in [4.69, 9.17) is 4.74 Å². The Balaban J connectivity index is 0.00000225. The van der Waals surface area contributed by atoms with Crippen LogP contribution < -0.4 is 5.69 Å². The van der Waals surface area contributed by atoms with E-state index in [-0.39, 0.29) is 30.5 Å². The molecular weight excluding hydrogens is 342 g/mol. The molecule has 0 fully saturated rings. The number of esters is 1. The Labute approximate surface area is 150 Å². The second-order valence-corrected chi connectivity index (χ2v) is 5.26. The van der Waals surface area contributed by atoms with Crippen molar-refractivity contribution in [1.29, 1.82) is 0 Å². The number of H-pyrrole nitrogens is 1. The molecule has 0 saturated heterocycles. The molecule has 1 aromatic heterocycles. The summed E-state index contributed by atoms with van der Waals surface area (Å²) < 4.78 is 6.22. The minimum Gasteiger partial charge on any atom is -0.469 e. The number of aryl methyl sites for hydroxylation is 1. The topological polar surface area (TPSA) is 77.0 Å². The van der Waals surface area contributed by atoms with Gasteiger partial charge in [0.05, 0.1) is 12.8 Å². The molecule has 6 nitrogen and oxygen atoms in total. The highest BCUT2D eigenvalue weighted by Gasteiger charge is 2.15. The van der Waals surface area contributed by atoms with E-state index in [9.17, 15) is 9.59 Å². The van der Waals surface area contributed by atoms with Gasteiger partial charge in [0.25, 0.3) is 0 Å². The Hall–Kier alpha value is -2.86. The van der Waals surface area contributed by atoms with Crippen molar-refractivity contribution in [2.45, 2.75) is 12.8 Å². The summed E-state index contributed by atoms with van der Waals surface area (Å²) in [5.41, 5.74) is 2.10. The van der Waals surface area contributed by atoms with Gasteiger partial charge in [0.1, 0.15) is 0 Å². The summed E-state index contributed by atoms with van der Waals surface area (Å²) >= 11 is 0.